The molecular weight excluding hydrogens is 809 g/mol. The van der Waals surface area contributed by atoms with Gasteiger partial charge in [0.05, 0.1) is 11.1 Å². The minimum Gasteiger partial charge on any atom is -0.310 e. The van der Waals surface area contributed by atoms with Crippen LogP contribution in [0.3, 0.4) is 0 Å². The Labute approximate surface area is 396 Å². The fourth-order valence-electron chi connectivity index (χ4n) is 13.4. The van der Waals surface area contributed by atoms with Crippen LogP contribution in [-0.2, 0) is 10.8 Å². The average molecular weight is 863 g/mol. The van der Waals surface area contributed by atoms with Gasteiger partial charge in [0.15, 0.2) is 0 Å². The number of anilines is 5. The van der Waals surface area contributed by atoms with Crippen molar-refractivity contribution in [3.63, 3.8) is 0 Å². The van der Waals surface area contributed by atoms with Gasteiger partial charge >= 0.3 is 0 Å². The van der Waals surface area contributed by atoms with Crippen LogP contribution in [0.5, 0.6) is 0 Å². The van der Waals surface area contributed by atoms with Gasteiger partial charge < -0.3 is 9.80 Å². The highest BCUT2D eigenvalue weighted by atomic mass is 15.2. The van der Waals surface area contributed by atoms with Crippen molar-refractivity contribution in [1.82, 2.24) is 0 Å². The van der Waals surface area contributed by atoms with Gasteiger partial charge in [0, 0.05) is 46.2 Å². The van der Waals surface area contributed by atoms with Gasteiger partial charge in [-0.05, 0) is 140 Å². The van der Waals surface area contributed by atoms with Gasteiger partial charge in [0.25, 0.3) is 0 Å². The predicted octanol–water partition coefficient (Wildman–Crippen LogP) is 16.6. The first-order valence-electron chi connectivity index (χ1n) is 24.3. The molecule has 0 radical (unpaired) electrons. The molecule has 67 heavy (non-hydrogen) atoms. The lowest BCUT2D eigenvalue weighted by molar-refractivity contribution is 0.394. The van der Waals surface area contributed by atoms with Crippen LogP contribution in [0.4, 0.5) is 28.4 Å². The zero-order chi connectivity index (χ0) is 44.9. The zero-order valence-electron chi connectivity index (χ0n) is 38.4. The lowest BCUT2D eigenvalue weighted by atomic mass is 9.65. The van der Waals surface area contributed by atoms with E-state index in [1.807, 2.05) is 0 Å². The second kappa shape index (κ2) is 15.3. The van der Waals surface area contributed by atoms with Crippen LogP contribution in [0, 0.1) is 17.8 Å². The van der Waals surface area contributed by atoms with Crippen molar-refractivity contribution in [3.05, 3.63) is 275 Å². The quantitative estimate of drug-likeness (QED) is 0.158. The summed E-state index contributed by atoms with van der Waals surface area (Å²) in [4.78, 5) is 5.09. The van der Waals surface area contributed by atoms with Crippen molar-refractivity contribution in [2.75, 3.05) is 9.80 Å². The SMILES string of the molecule is CC1CC=CC(N(c2ccccc2)c2ccc3c(c2)C2(c4ccccc4-3)c3cccc(N(c4ccccc4)c4ccc5c(c4)C(C)(C)C4C=CC=CC54)c3C3C=CC=CC32)=C1c1ccccc1. The molecule has 0 heterocycles. The molecule has 0 bridgehead atoms. The minimum atomic E-state index is -0.440. The highest BCUT2D eigenvalue weighted by Gasteiger charge is 2.58. The number of nitrogens with zero attached hydrogens (tertiary/aromatic N) is 2. The molecule has 0 aromatic heterocycles. The van der Waals surface area contributed by atoms with E-state index in [9.17, 15) is 0 Å². The molecule has 0 fully saturated rings. The van der Waals surface area contributed by atoms with Crippen LogP contribution in [0.2, 0.25) is 0 Å². The van der Waals surface area contributed by atoms with Gasteiger partial charge in [-0.3, -0.25) is 0 Å². The molecule has 6 atom stereocenters. The topological polar surface area (TPSA) is 6.48 Å². The number of hydrogen-bond acceptors (Lipinski definition) is 2. The third-order valence-electron chi connectivity index (χ3n) is 16.3. The molecule has 6 aliphatic carbocycles. The van der Waals surface area contributed by atoms with Crippen LogP contribution in [0.15, 0.2) is 236 Å². The van der Waals surface area contributed by atoms with Crippen molar-refractivity contribution in [2.45, 2.75) is 49.9 Å². The maximum Gasteiger partial charge on any atom is 0.0539 e. The summed E-state index contributed by atoms with van der Waals surface area (Å²) in [6, 6.07) is 64.3. The lowest BCUT2D eigenvalue weighted by Gasteiger charge is -2.37. The van der Waals surface area contributed by atoms with Gasteiger partial charge in [-0.2, -0.15) is 0 Å². The first kappa shape index (κ1) is 39.9. The van der Waals surface area contributed by atoms with Crippen molar-refractivity contribution in [3.8, 4) is 11.1 Å². The van der Waals surface area contributed by atoms with Gasteiger partial charge in [-0.25, -0.2) is 0 Å². The molecule has 6 aliphatic rings. The van der Waals surface area contributed by atoms with Crippen molar-refractivity contribution < 1.29 is 0 Å². The van der Waals surface area contributed by atoms with Crippen LogP contribution in [-0.4, -0.2) is 0 Å². The van der Waals surface area contributed by atoms with E-state index in [1.54, 1.807) is 0 Å². The largest absolute Gasteiger partial charge is 0.310 e. The summed E-state index contributed by atoms with van der Waals surface area (Å²) in [5, 5.41) is 0. The lowest BCUT2D eigenvalue weighted by Crippen LogP contribution is -2.33. The maximum absolute atomic E-state index is 2.57. The van der Waals surface area contributed by atoms with Crippen LogP contribution >= 0.6 is 0 Å². The van der Waals surface area contributed by atoms with Crippen molar-refractivity contribution in [1.29, 1.82) is 0 Å². The highest BCUT2D eigenvalue weighted by Crippen LogP contribution is 2.67. The molecule has 0 amide bonds. The Hall–Kier alpha value is -7.42. The Morgan fingerprint density at radius 3 is 1.85 bits per heavy atom. The van der Waals surface area contributed by atoms with E-state index in [0.717, 1.165) is 12.1 Å². The molecule has 2 nitrogen and oxygen atoms in total. The summed E-state index contributed by atoms with van der Waals surface area (Å²) >= 11 is 0. The first-order chi connectivity index (χ1) is 32.9. The van der Waals surface area contributed by atoms with E-state index in [1.165, 1.54) is 84.1 Å². The zero-order valence-corrected chi connectivity index (χ0v) is 38.4. The number of benzene rings is 7. The van der Waals surface area contributed by atoms with E-state index in [0.29, 0.717) is 17.8 Å². The smallest absolute Gasteiger partial charge is 0.0539 e. The number of para-hydroxylation sites is 2. The number of fused-ring (bicyclic) bond motifs is 13. The standard InChI is InChI=1S/C65H54N2/c1-43-21-19-35-60(62(43)44-22-7-4-8-23-44)66(45-24-9-5-10-25-45)48-38-40-52-50-29-14-17-32-55(50)65(59(52)42-48)56-33-18-15-30-53(56)63-57(65)34-20-36-61(63)67(46-26-11-6-12-27-46)47-37-39-51-49-28-13-16-31-54(49)64(2,3)58(51)41-47/h4-20,22-43,49,53-54,56H,21H2,1-3H3. The molecule has 2 heteroatoms. The minimum absolute atomic E-state index is 0.00368. The summed E-state index contributed by atoms with van der Waals surface area (Å²) in [5.41, 5.74) is 20.5. The summed E-state index contributed by atoms with van der Waals surface area (Å²) in [6.07, 6.45) is 24.7. The first-order valence-corrected chi connectivity index (χ1v) is 24.3. The molecule has 0 saturated carbocycles. The molecule has 7 aromatic carbocycles. The summed E-state index contributed by atoms with van der Waals surface area (Å²) in [6.45, 7) is 7.26. The van der Waals surface area contributed by atoms with Gasteiger partial charge in [0.2, 0.25) is 0 Å². The summed E-state index contributed by atoms with van der Waals surface area (Å²) in [5.74, 6) is 1.51. The summed E-state index contributed by atoms with van der Waals surface area (Å²) in [7, 11) is 0. The van der Waals surface area contributed by atoms with Crippen LogP contribution < -0.4 is 9.80 Å². The molecule has 7 aromatic rings. The molecule has 0 aliphatic heterocycles. The Morgan fingerprint density at radius 2 is 1.07 bits per heavy atom. The highest BCUT2D eigenvalue weighted by molar-refractivity contribution is 5.92. The van der Waals surface area contributed by atoms with E-state index in [2.05, 4.69) is 261 Å². The number of allylic oxidation sites excluding steroid dienone is 11. The normalized spacial score (nSPS) is 24.0. The molecule has 13 rings (SSSR count). The van der Waals surface area contributed by atoms with Crippen molar-refractivity contribution >= 4 is 34.0 Å². The van der Waals surface area contributed by atoms with E-state index >= 15 is 0 Å². The van der Waals surface area contributed by atoms with Gasteiger partial charge in [0.1, 0.15) is 0 Å². The second-order valence-electron chi connectivity index (χ2n) is 20.0. The monoisotopic (exact) mass is 862 g/mol. The molecule has 324 valence electrons. The van der Waals surface area contributed by atoms with E-state index in [-0.39, 0.29) is 17.3 Å². The van der Waals surface area contributed by atoms with E-state index in [4.69, 9.17) is 0 Å². The predicted molar refractivity (Wildman–Crippen MR) is 280 cm³/mol. The molecule has 1 spiro atoms. The Balaban J connectivity index is 1.05. The summed E-state index contributed by atoms with van der Waals surface area (Å²) < 4.78 is 0. The van der Waals surface area contributed by atoms with Crippen LogP contribution in [0.25, 0.3) is 16.7 Å². The number of hydrogen-bond donors (Lipinski definition) is 0. The number of rotatable bonds is 7. The van der Waals surface area contributed by atoms with E-state index < -0.39 is 5.41 Å². The van der Waals surface area contributed by atoms with Crippen LogP contribution in [0.1, 0.15) is 78.0 Å². The Morgan fingerprint density at radius 1 is 0.478 bits per heavy atom. The average Bonchev–Trinajstić information content (AvgIpc) is 3.93. The van der Waals surface area contributed by atoms with Gasteiger partial charge in [-0.1, -0.05) is 191 Å². The second-order valence-corrected chi connectivity index (χ2v) is 20.0. The molecule has 0 saturated heterocycles. The fourth-order valence-corrected chi connectivity index (χ4v) is 13.4. The molecule has 0 N–H and O–H groups in total. The molecular formula is C65H54N2. The maximum atomic E-state index is 2.57. The third kappa shape index (κ3) is 5.82. The van der Waals surface area contributed by atoms with Gasteiger partial charge in [-0.15, -0.1) is 0 Å². The Kier molecular flexibility index (Phi) is 9.13. The fraction of sp³-hybridized carbons (Fsp3) is 0.169. The molecule has 6 unspecified atom stereocenters. The Bertz CT molecular complexity index is 3290. The van der Waals surface area contributed by atoms with Crippen molar-refractivity contribution in [2.24, 2.45) is 17.8 Å². The third-order valence-corrected chi connectivity index (χ3v) is 16.3.